The molecule has 4 rings (SSSR count). The Balaban J connectivity index is 1.79. The van der Waals surface area contributed by atoms with Crippen molar-refractivity contribution >= 4 is 45.0 Å². The topological polar surface area (TPSA) is 96.3 Å². The van der Waals surface area contributed by atoms with Gasteiger partial charge in [-0.2, -0.15) is 10.4 Å². The summed E-state index contributed by atoms with van der Waals surface area (Å²) in [5, 5.41) is 16.9. The molecule has 2 aliphatic rings. The number of aromatic nitrogens is 3. The molecular weight excluding hydrogens is 603 g/mol. The number of ether oxygens (including phenoxy) is 1. The molecule has 14 heteroatoms. The monoisotopic (exact) mass is 645 g/mol. The van der Waals surface area contributed by atoms with Gasteiger partial charge in [0.05, 0.1) is 29.9 Å². The second-order valence-electron chi connectivity index (χ2n) is 14.6. The van der Waals surface area contributed by atoms with E-state index in [-0.39, 0.29) is 62.8 Å². The van der Waals surface area contributed by atoms with E-state index in [0.29, 0.717) is 0 Å². The third-order valence-electron chi connectivity index (χ3n) is 9.48. The molecular formula is C28H43ClF3N5O3Si2. The Morgan fingerprint density at radius 1 is 1.14 bits per heavy atom. The zero-order chi connectivity index (χ0) is 31.6. The van der Waals surface area contributed by atoms with Crippen LogP contribution in [0.15, 0.2) is 0 Å². The van der Waals surface area contributed by atoms with Crippen molar-refractivity contribution in [2.75, 3.05) is 24.6 Å². The van der Waals surface area contributed by atoms with Crippen LogP contribution in [0.1, 0.15) is 65.3 Å². The second kappa shape index (κ2) is 11.0. The fourth-order valence-electron chi connectivity index (χ4n) is 4.82. The standard InChI is InChI=1S/C28H43ClF3N5O3Si2/c1-26(2,3)41(7,8)38-14-17-22(40-42(9,10)27(4,5)6)19(30)23(39-17)20-18-21(37-12-11-28(31,32)15-37)16(13-33)24(29)34-25(18)36-35-20/h17,19,22-23H,11-12,14-15H2,1-10H3,(H,34,35,36)/t17-,19-,22-,23+/m1/s1. The van der Waals surface area contributed by atoms with Crippen molar-refractivity contribution in [1.29, 1.82) is 5.26 Å². The number of aromatic amines is 1. The van der Waals surface area contributed by atoms with Crippen molar-refractivity contribution in [3.8, 4) is 6.07 Å². The maximum Gasteiger partial charge on any atom is 0.266 e. The molecule has 0 unspecified atom stereocenters. The normalized spacial score (nSPS) is 25.4. The van der Waals surface area contributed by atoms with Crippen LogP contribution in [0.25, 0.3) is 11.0 Å². The molecule has 0 aliphatic carbocycles. The summed E-state index contributed by atoms with van der Waals surface area (Å²) < 4.78 is 64.9. The van der Waals surface area contributed by atoms with E-state index in [1.807, 2.05) is 6.07 Å². The maximum atomic E-state index is 16.7. The maximum absolute atomic E-state index is 16.7. The molecule has 2 aliphatic heterocycles. The van der Waals surface area contributed by atoms with E-state index in [4.69, 9.17) is 25.2 Å². The first kappa shape index (κ1) is 33.2. The highest BCUT2D eigenvalue weighted by molar-refractivity contribution is 6.74. The number of nitrogens with zero attached hydrogens (tertiary/aromatic N) is 4. The molecule has 8 nitrogen and oxygen atoms in total. The minimum Gasteiger partial charge on any atom is -0.414 e. The zero-order valence-corrected chi connectivity index (χ0v) is 28.9. The highest BCUT2D eigenvalue weighted by Gasteiger charge is 2.53. The average molecular weight is 646 g/mol. The van der Waals surface area contributed by atoms with Gasteiger partial charge in [0.2, 0.25) is 0 Å². The average Bonchev–Trinajstić information content (AvgIpc) is 3.50. The van der Waals surface area contributed by atoms with Gasteiger partial charge in [-0.15, -0.1) is 0 Å². The predicted octanol–water partition coefficient (Wildman–Crippen LogP) is 7.52. The molecule has 4 atom stereocenters. The fraction of sp³-hybridized carbons (Fsp3) is 0.750. The highest BCUT2D eigenvalue weighted by atomic mass is 35.5. The molecule has 2 aromatic heterocycles. The van der Waals surface area contributed by atoms with Crippen LogP contribution in [0.4, 0.5) is 18.9 Å². The number of pyridine rings is 1. The van der Waals surface area contributed by atoms with Gasteiger partial charge in [0.15, 0.2) is 33.6 Å². The van der Waals surface area contributed by atoms with E-state index in [0.717, 1.165) is 0 Å². The van der Waals surface area contributed by atoms with Gasteiger partial charge in [-0.05, 0) is 36.3 Å². The number of hydrogen-bond donors (Lipinski definition) is 1. The summed E-state index contributed by atoms with van der Waals surface area (Å²) in [7, 11) is -4.67. The minimum absolute atomic E-state index is 0.00753. The smallest absolute Gasteiger partial charge is 0.266 e. The Hall–Kier alpha value is -1.70. The van der Waals surface area contributed by atoms with Gasteiger partial charge in [-0.25, -0.2) is 18.2 Å². The summed E-state index contributed by atoms with van der Waals surface area (Å²) >= 11 is 6.30. The van der Waals surface area contributed by atoms with Gasteiger partial charge < -0.3 is 18.5 Å². The first-order chi connectivity index (χ1) is 19.1. The Labute approximate surface area is 253 Å². The summed E-state index contributed by atoms with van der Waals surface area (Å²) in [6, 6.07) is 2.00. The van der Waals surface area contributed by atoms with Gasteiger partial charge in [-0.3, -0.25) is 5.10 Å². The lowest BCUT2D eigenvalue weighted by Crippen LogP contribution is -2.50. The van der Waals surface area contributed by atoms with Crippen molar-refractivity contribution in [3.63, 3.8) is 0 Å². The predicted molar refractivity (Wildman–Crippen MR) is 163 cm³/mol. The van der Waals surface area contributed by atoms with Crippen LogP contribution in [0.3, 0.4) is 0 Å². The number of alkyl halides is 3. The molecule has 0 saturated carbocycles. The lowest BCUT2D eigenvalue weighted by Gasteiger charge is -2.41. The van der Waals surface area contributed by atoms with Gasteiger partial charge in [0.25, 0.3) is 5.92 Å². The van der Waals surface area contributed by atoms with Crippen molar-refractivity contribution in [3.05, 3.63) is 16.4 Å². The van der Waals surface area contributed by atoms with E-state index < -0.39 is 53.6 Å². The third kappa shape index (κ3) is 6.12. The number of fused-ring (bicyclic) bond motifs is 1. The quantitative estimate of drug-likeness (QED) is 0.246. The number of hydrogen-bond acceptors (Lipinski definition) is 7. The Morgan fingerprint density at radius 2 is 1.76 bits per heavy atom. The number of H-pyrrole nitrogens is 1. The highest BCUT2D eigenvalue weighted by Crippen LogP contribution is 2.47. The Morgan fingerprint density at radius 3 is 2.29 bits per heavy atom. The molecule has 234 valence electrons. The van der Waals surface area contributed by atoms with E-state index in [2.05, 4.69) is 82.9 Å². The molecule has 2 aromatic rings. The van der Waals surface area contributed by atoms with Crippen LogP contribution < -0.4 is 4.90 Å². The van der Waals surface area contributed by atoms with Crippen LogP contribution in [-0.2, 0) is 13.6 Å². The summed E-state index contributed by atoms with van der Waals surface area (Å²) in [6.07, 6.45) is -4.87. The van der Waals surface area contributed by atoms with Crippen LogP contribution in [-0.4, -0.2) is 75.8 Å². The molecule has 2 saturated heterocycles. The van der Waals surface area contributed by atoms with E-state index in [1.54, 1.807) is 0 Å². The molecule has 0 amide bonds. The van der Waals surface area contributed by atoms with E-state index >= 15 is 4.39 Å². The fourth-order valence-corrected chi connectivity index (χ4v) is 7.37. The second-order valence-corrected chi connectivity index (χ2v) is 24.5. The van der Waals surface area contributed by atoms with Crippen molar-refractivity contribution in [1.82, 2.24) is 15.2 Å². The summed E-state index contributed by atoms with van der Waals surface area (Å²) in [5.41, 5.74) is 0.400. The SMILES string of the molecule is CC(C)(C)[Si](C)(C)OC[C@H]1O[C@H](c2[nH]nc3nc(Cl)c(C#N)c(N4CCC(F)(F)C4)c23)[C@H](F)[C@@H]1O[Si](C)(C)C(C)(C)C. The van der Waals surface area contributed by atoms with Gasteiger partial charge in [0, 0.05) is 13.0 Å². The first-order valence-electron chi connectivity index (χ1n) is 14.3. The third-order valence-corrected chi connectivity index (χ3v) is 18.7. The largest absolute Gasteiger partial charge is 0.414 e. The van der Waals surface area contributed by atoms with Gasteiger partial charge in [-0.1, -0.05) is 53.1 Å². The number of halogens is 4. The summed E-state index contributed by atoms with van der Waals surface area (Å²) in [4.78, 5) is 5.62. The van der Waals surface area contributed by atoms with Crippen LogP contribution in [0, 0.1) is 11.3 Å². The molecule has 1 N–H and O–H groups in total. The number of nitrogens with one attached hydrogen (secondary N) is 1. The summed E-state index contributed by atoms with van der Waals surface area (Å²) in [6.45, 7) is 20.5. The molecule has 4 heterocycles. The zero-order valence-electron chi connectivity index (χ0n) is 26.2. The van der Waals surface area contributed by atoms with Crippen LogP contribution in [0.2, 0.25) is 41.4 Å². The van der Waals surface area contributed by atoms with E-state index in [9.17, 15) is 14.0 Å². The minimum atomic E-state index is -2.94. The Bertz CT molecular complexity index is 1370. The van der Waals surface area contributed by atoms with Crippen LogP contribution in [0.5, 0.6) is 0 Å². The molecule has 2 fully saturated rings. The molecule has 0 spiro atoms. The lowest BCUT2D eigenvalue weighted by atomic mass is 10.0. The van der Waals surface area contributed by atoms with Gasteiger partial charge in [0.1, 0.15) is 29.9 Å². The van der Waals surface area contributed by atoms with Crippen molar-refractivity contribution in [2.24, 2.45) is 0 Å². The number of rotatable bonds is 7. The first-order valence-corrected chi connectivity index (χ1v) is 20.5. The van der Waals surface area contributed by atoms with Crippen LogP contribution >= 0.6 is 11.6 Å². The molecule has 0 bridgehead atoms. The number of nitriles is 1. The summed E-state index contributed by atoms with van der Waals surface area (Å²) in [5.74, 6) is -2.94. The van der Waals surface area contributed by atoms with Gasteiger partial charge >= 0.3 is 0 Å². The lowest BCUT2D eigenvalue weighted by molar-refractivity contribution is -0.0175. The molecule has 42 heavy (non-hydrogen) atoms. The van der Waals surface area contributed by atoms with E-state index in [1.165, 1.54) is 4.90 Å². The molecule has 0 radical (unpaired) electrons. The molecule has 0 aromatic carbocycles. The van der Waals surface area contributed by atoms with Crippen molar-refractivity contribution < 1.29 is 26.8 Å². The Kier molecular flexibility index (Phi) is 8.72. The number of anilines is 1. The van der Waals surface area contributed by atoms with Crippen molar-refractivity contribution in [2.45, 2.75) is 115 Å².